The average molecular weight is 170 g/mol. The molecule has 5 heteroatoms. The van der Waals surface area contributed by atoms with Gasteiger partial charge in [0.05, 0.1) is 19.0 Å². The second kappa shape index (κ2) is 3.75. The first-order chi connectivity index (χ1) is 5.72. The Morgan fingerprint density at radius 2 is 2.58 bits per heavy atom. The predicted octanol–water partition coefficient (Wildman–Crippen LogP) is 0.152. The molecule has 12 heavy (non-hydrogen) atoms. The number of hydrogen-bond acceptors (Lipinski definition) is 4. The number of carbonyl (C=O) groups excluding carboxylic acids is 1. The quantitative estimate of drug-likeness (QED) is 0.656. The molecule has 0 bridgehead atoms. The summed E-state index contributed by atoms with van der Waals surface area (Å²) in [5.74, 6) is -0.320. The van der Waals surface area contributed by atoms with Gasteiger partial charge in [-0.3, -0.25) is 9.48 Å². The maximum Gasteiger partial charge on any atom is 0.327 e. The van der Waals surface area contributed by atoms with Gasteiger partial charge in [-0.05, 0) is 6.92 Å². The van der Waals surface area contributed by atoms with Crippen LogP contribution >= 0.6 is 0 Å². The second-order valence-electron chi connectivity index (χ2n) is 2.20. The summed E-state index contributed by atoms with van der Waals surface area (Å²) in [7, 11) is 0. The van der Waals surface area contributed by atoms with E-state index in [4.69, 9.17) is 5.11 Å². The van der Waals surface area contributed by atoms with Crippen LogP contribution < -0.4 is 0 Å². The van der Waals surface area contributed by atoms with Crippen molar-refractivity contribution in [1.29, 1.82) is 0 Å². The Kier molecular flexibility index (Phi) is 2.68. The van der Waals surface area contributed by atoms with Crippen LogP contribution in [0.25, 0.3) is 0 Å². The third-order valence-electron chi connectivity index (χ3n) is 1.22. The van der Waals surface area contributed by atoms with E-state index in [0.717, 1.165) is 0 Å². The first-order valence-corrected chi connectivity index (χ1v) is 3.59. The molecule has 1 aromatic rings. The number of carbonyl (C=O) groups is 1. The minimum atomic E-state index is -0.361. The van der Waals surface area contributed by atoms with Crippen LogP contribution in [0.15, 0.2) is 12.4 Å². The van der Waals surface area contributed by atoms with Gasteiger partial charge in [0.15, 0.2) is 5.75 Å². The van der Waals surface area contributed by atoms with Gasteiger partial charge in [-0.2, -0.15) is 5.10 Å². The molecule has 1 heterocycles. The zero-order chi connectivity index (χ0) is 8.97. The van der Waals surface area contributed by atoms with Crippen molar-refractivity contribution >= 4 is 5.97 Å². The van der Waals surface area contributed by atoms with Crippen molar-refractivity contribution in [3.05, 3.63) is 12.4 Å². The second-order valence-corrected chi connectivity index (χ2v) is 2.20. The molecule has 0 fully saturated rings. The molecule has 1 N–H and O–H groups in total. The zero-order valence-electron chi connectivity index (χ0n) is 6.73. The molecular weight excluding hydrogens is 160 g/mol. The molecule has 0 aliphatic rings. The highest BCUT2D eigenvalue weighted by molar-refractivity contribution is 5.68. The summed E-state index contributed by atoms with van der Waals surface area (Å²) in [6.07, 6.45) is 2.62. The number of aromatic hydroxyl groups is 1. The first kappa shape index (κ1) is 8.58. The van der Waals surface area contributed by atoms with Crippen LogP contribution in [0, 0.1) is 0 Å². The summed E-state index contributed by atoms with van der Waals surface area (Å²) in [4.78, 5) is 10.9. The van der Waals surface area contributed by atoms with Gasteiger partial charge in [-0.25, -0.2) is 0 Å². The van der Waals surface area contributed by atoms with Crippen LogP contribution in [-0.2, 0) is 16.1 Å². The number of aromatic nitrogens is 2. The van der Waals surface area contributed by atoms with Gasteiger partial charge >= 0.3 is 5.97 Å². The summed E-state index contributed by atoms with van der Waals surface area (Å²) in [5, 5.41) is 12.6. The lowest BCUT2D eigenvalue weighted by molar-refractivity contribution is -0.144. The lowest BCUT2D eigenvalue weighted by Crippen LogP contribution is -2.13. The van der Waals surface area contributed by atoms with Crippen LogP contribution in [0.3, 0.4) is 0 Å². The van der Waals surface area contributed by atoms with E-state index in [1.54, 1.807) is 6.92 Å². The minimum absolute atomic E-state index is 0.0361. The minimum Gasteiger partial charge on any atom is -0.505 e. The molecular formula is C7H10N2O3. The van der Waals surface area contributed by atoms with Gasteiger partial charge in [-0.1, -0.05) is 0 Å². The van der Waals surface area contributed by atoms with Crippen LogP contribution in [0.2, 0.25) is 0 Å². The smallest absolute Gasteiger partial charge is 0.327 e. The Morgan fingerprint density at radius 3 is 3.08 bits per heavy atom. The maximum atomic E-state index is 10.9. The van der Waals surface area contributed by atoms with Crippen molar-refractivity contribution in [3.63, 3.8) is 0 Å². The predicted molar refractivity (Wildman–Crippen MR) is 40.5 cm³/mol. The summed E-state index contributed by atoms with van der Waals surface area (Å²) in [5.41, 5.74) is 0. The van der Waals surface area contributed by atoms with E-state index in [2.05, 4.69) is 9.84 Å². The molecule has 0 spiro atoms. The monoisotopic (exact) mass is 170 g/mol. The molecule has 5 nitrogen and oxygen atoms in total. The molecule has 0 radical (unpaired) electrons. The van der Waals surface area contributed by atoms with Crippen molar-refractivity contribution in [2.24, 2.45) is 0 Å². The fourth-order valence-corrected chi connectivity index (χ4v) is 0.778. The topological polar surface area (TPSA) is 64.3 Å². The Bertz CT molecular complexity index is 269. The summed E-state index contributed by atoms with van der Waals surface area (Å²) in [6.45, 7) is 2.12. The van der Waals surface area contributed by atoms with Crippen molar-refractivity contribution in [2.45, 2.75) is 13.5 Å². The maximum absolute atomic E-state index is 10.9. The summed E-state index contributed by atoms with van der Waals surface area (Å²) in [6, 6.07) is 0. The summed E-state index contributed by atoms with van der Waals surface area (Å²) < 4.78 is 5.99. The van der Waals surface area contributed by atoms with E-state index in [1.165, 1.54) is 17.1 Å². The standard InChI is InChI=1S/C7H10N2O3/c1-2-12-7(11)5-9-4-6(10)3-8-9/h3-4,10H,2,5H2,1H3. The normalized spacial score (nSPS) is 9.75. The molecule has 1 rings (SSSR count). The highest BCUT2D eigenvalue weighted by Gasteiger charge is 2.03. The zero-order valence-corrected chi connectivity index (χ0v) is 6.73. The Balaban J connectivity index is 2.46. The molecule has 0 unspecified atom stereocenters. The van der Waals surface area contributed by atoms with Crippen molar-refractivity contribution in [3.8, 4) is 5.75 Å². The molecule has 0 atom stereocenters. The largest absolute Gasteiger partial charge is 0.505 e. The fourth-order valence-electron chi connectivity index (χ4n) is 0.778. The van der Waals surface area contributed by atoms with Gasteiger partial charge in [0.2, 0.25) is 0 Å². The fraction of sp³-hybridized carbons (Fsp3) is 0.429. The van der Waals surface area contributed by atoms with Crippen molar-refractivity contribution in [1.82, 2.24) is 9.78 Å². The summed E-state index contributed by atoms with van der Waals surface area (Å²) >= 11 is 0. The number of rotatable bonds is 3. The number of hydrogen-bond donors (Lipinski definition) is 1. The Hall–Kier alpha value is -1.52. The SMILES string of the molecule is CCOC(=O)Cn1cc(O)cn1. The molecule has 0 aliphatic carbocycles. The lowest BCUT2D eigenvalue weighted by Gasteiger charge is -2.00. The van der Waals surface area contributed by atoms with Crippen LogP contribution in [0.1, 0.15) is 6.92 Å². The molecule has 0 saturated carbocycles. The van der Waals surface area contributed by atoms with Crippen LogP contribution in [-0.4, -0.2) is 27.5 Å². The third kappa shape index (κ3) is 2.26. The van der Waals surface area contributed by atoms with Gasteiger partial charge in [0.25, 0.3) is 0 Å². The van der Waals surface area contributed by atoms with Crippen molar-refractivity contribution in [2.75, 3.05) is 6.61 Å². The Labute approximate surface area is 69.6 Å². The van der Waals surface area contributed by atoms with Crippen molar-refractivity contribution < 1.29 is 14.6 Å². The molecule has 66 valence electrons. The van der Waals surface area contributed by atoms with Crippen LogP contribution in [0.5, 0.6) is 5.75 Å². The highest BCUT2D eigenvalue weighted by Crippen LogP contribution is 2.03. The molecule has 0 saturated heterocycles. The Morgan fingerprint density at radius 1 is 1.83 bits per heavy atom. The third-order valence-corrected chi connectivity index (χ3v) is 1.22. The lowest BCUT2D eigenvalue weighted by atomic mass is 10.6. The molecule has 0 aromatic carbocycles. The number of nitrogens with zero attached hydrogens (tertiary/aromatic N) is 2. The number of ether oxygens (including phenoxy) is 1. The molecule has 0 amide bonds. The van der Waals surface area contributed by atoms with Gasteiger partial charge in [-0.15, -0.1) is 0 Å². The van der Waals surface area contributed by atoms with Crippen LogP contribution in [0.4, 0.5) is 0 Å². The van der Waals surface area contributed by atoms with Gasteiger partial charge < -0.3 is 9.84 Å². The van der Waals surface area contributed by atoms with E-state index in [9.17, 15) is 4.79 Å². The van der Waals surface area contributed by atoms with Gasteiger partial charge in [0, 0.05) is 0 Å². The molecule has 1 aromatic heterocycles. The van der Waals surface area contributed by atoms with Gasteiger partial charge in [0.1, 0.15) is 6.54 Å². The van der Waals surface area contributed by atoms with E-state index in [-0.39, 0.29) is 18.3 Å². The van der Waals surface area contributed by atoms with E-state index in [0.29, 0.717) is 6.61 Å². The van der Waals surface area contributed by atoms with E-state index >= 15 is 0 Å². The first-order valence-electron chi connectivity index (χ1n) is 3.59. The van der Waals surface area contributed by atoms with E-state index < -0.39 is 0 Å². The molecule has 0 aliphatic heterocycles. The number of esters is 1. The highest BCUT2D eigenvalue weighted by atomic mass is 16.5. The average Bonchev–Trinajstić information content (AvgIpc) is 2.36. The van der Waals surface area contributed by atoms with E-state index in [1.807, 2.05) is 0 Å².